The minimum atomic E-state index is -2.51. The number of alkyl halides is 2. The molecule has 0 radical (unpaired) electrons. The molecule has 0 saturated carbocycles. The van der Waals surface area contributed by atoms with Gasteiger partial charge in [0.15, 0.2) is 0 Å². The van der Waals surface area contributed by atoms with E-state index in [1.807, 2.05) is 0 Å². The van der Waals surface area contributed by atoms with Crippen molar-refractivity contribution in [2.75, 3.05) is 0 Å². The van der Waals surface area contributed by atoms with Crippen LogP contribution in [-0.2, 0) is 6.42 Å². The lowest BCUT2D eigenvalue weighted by molar-refractivity contribution is 0.151. The van der Waals surface area contributed by atoms with E-state index in [9.17, 15) is 13.9 Å². The van der Waals surface area contributed by atoms with Gasteiger partial charge in [0, 0.05) is 22.0 Å². The van der Waals surface area contributed by atoms with Crippen molar-refractivity contribution >= 4 is 23.2 Å². The Morgan fingerprint density at radius 3 is 1.90 bits per heavy atom. The second-order valence-electron chi connectivity index (χ2n) is 4.39. The highest BCUT2D eigenvalue weighted by atomic mass is 35.5. The van der Waals surface area contributed by atoms with Gasteiger partial charge in [-0.05, 0) is 23.3 Å². The molecular weight excluding hydrogens is 305 g/mol. The molecule has 1 atom stereocenters. The molecule has 0 heterocycles. The summed E-state index contributed by atoms with van der Waals surface area (Å²) in [5.41, 5.74) is 1.11. The van der Waals surface area contributed by atoms with Crippen molar-refractivity contribution in [1.29, 1.82) is 0 Å². The molecule has 20 heavy (non-hydrogen) atoms. The van der Waals surface area contributed by atoms with Gasteiger partial charge in [0.05, 0.1) is 6.10 Å². The Hall–Kier alpha value is -1.16. The Morgan fingerprint density at radius 1 is 0.900 bits per heavy atom. The van der Waals surface area contributed by atoms with Crippen LogP contribution >= 0.6 is 23.2 Å². The van der Waals surface area contributed by atoms with Gasteiger partial charge in [-0.15, -0.1) is 0 Å². The molecule has 1 nitrogen and oxygen atoms in total. The average Bonchev–Trinajstić information content (AvgIpc) is 2.43. The zero-order valence-electron chi connectivity index (χ0n) is 10.4. The van der Waals surface area contributed by atoms with E-state index in [4.69, 9.17) is 23.2 Å². The highest BCUT2D eigenvalue weighted by Gasteiger charge is 2.14. The van der Waals surface area contributed by atoms with E-state index in [1.165, 1.54) is 24.3 Å². The monoisotopic (exact) mass is 316 g/mol. The molecular formula is C15H12Cl2F2O. The van der Waals surface area contributed by atoms with E-state index in [0.29, 0.717) is 21.2 Å². The van der Waals surface area contributed by atoms with Gasteiger partial charge in [0.2, 0.25) is 0 Å². The highest BCUT2D eigenvalue weighted by Crippen LogP contribution is 2.30. The smallest absolute Gasteiger partial charge is 0.263 e. The standard InChI is InChI=1S/C15H12Cl2F2O/c16-12-2-1-3-13(17)11(12)8-14(20)9-4-6-10(7-5-9)15(18)19/h1-7,14-15,20H,8H2. The van der Waals surface area contributed by atoms with Crippen molar-refractivity contribution in [2.45, 2.75) is 19.0 Å². The molecule has 0 saturated heterocycles. The van der Waals surface area contributed by atoms with Crippen LogP contribution in [0, 0.1) is 0 Å². The second-order valence-corrected chi connectivity index (χ2v) is 5.20. The number of hydrogen-bond acceptors (Lipinski definition) is 1. The van der Waals surface area contributed by atoms with E-state index in [2.05, 4.69) is 0 Å². The van der Waals surface area contributed by atoms with Crippen molar-refractivity contribution in [2.24, 2.45) is 0 Å². The summed E-state index contributed by atoms with van der Waals surface area (Å²) in [7, 11) is 0. The minimum absolute atomic E-state index is 0.0725. The quantitative estimate of drug-likeness (QED) is 0.821. The zero-order chi connectivity index (χ0) is 14.7. The second kappa shape index (κ2) is 6.53. The number of benzene rings is 2. The number of hydrogen-bond donors (Lipinski definition) is 1. The number of halogens is 4. The molecule has 0 spiro atoms. The molecule has 0 aliphatic heterocycles. The Labute approximate surface area is 125 Å². The Balaban J connectivity index is 2.17. The van der Waals surface area contributed by atoms with Crippen LogP contribution in [0.1, 0.15) is 29.2 Å². The third-order valence-electron chi connectivity index (χ3n) is 3.03. The van der Waals surface area contributed by atoms with Crippen LogP contribution in [-0.4, -0.2) is 5.11 Å². The van der Waals surface area contributed by atoms with Crippen LogP contribution in [0.3, 0.4) is 0 Å². The molecule has 0 aliphatic rings. The van der Waals surface area contributed by atoms with Gasteiger partial charge in [-0.2, -0.15) is 0 Å². The SMILES string of the molecule is OC(Cc1c(Cl)cccc1Cl)c1ccc(C(F)F)cc1. The molecule has 106 valence electrons. The first-order valence-electron chi connectivity index (χ1n) is 5.98. The molecule has 0 amide bonds. The van der Waals surface area contributed by atoms with Crippen LogP contribution in [0.15, 0.2) is 42.5 Å². The molecule has 0 bridgehead atoms. The first kappa shape index (κ1) is 15.2. The maximum Gasteiger partial charge on any atom is 0.263 e. The summed E-state index contributed by atoms with van der Waals surface area (Å²) in [5, 5.41) is 11.1. The van der Waals surface area contributed by atoms with Crippen LogP contribution in [0.25, 0.3) is 0 Å². The lowest BCUT2D eigenvalue weighted by Crippen LogP contribution is -2.03. The number of aliphatic hydroxyl groups is 1. The van der Waals surface area contributed by atoms with Crippen molar-refractivity contribution in [3.05, 3.63) is 69.2 Å². The van der Waals surface area contributed by atoms with Gasteiger partial charge in [-0.25, -0.2) is 8.78 Å². The van der Waals surface area contributed by atoms with E-state index in [1.54, 1.807) is 18.2 Å². The van der Waals surface area contributed by atoms with Crippen LogP contribution < -0.4 is 0 Å². The highest BCUT2D eigenvalue weighted by molar-refractivity contribution is 6.35. The van der Waals surface area contributed by atoms with Gasteiger partial charge in [0.1, 0.15) is 0 Å². The predicted molar refractivity (Wildman–Crippen MR) is 76.5 cm³/mol. The largest absolute Gasteiger partial charge is 0.388 e. The van der Waals surface area contributed by atoms with Gasteiger partial charge in [-0.1, -0.05) is 53.5 Å². The molecule has 0 fully saturated rings. The molecule has 2 aromatic carbocycles. The minimum Gasteiger partial charge on any atom is -0.388 e. The molecule has 2 aromatic rings. The number of rotatable bonds is 4. The summed E-state index contributed by atoms with van der Waals surface area (Å²) in [6.45, 7) is 0. The van der Waals surface area contributed by atoms with Gasteiger partial charge >= 0.3 is 0 Å². The first-order valence-corrected chi connectivity index (χ1v) is 6.73. The van der Waals surface area contributed by atoms with Crippen molar-refractivity contribution in [3.8, 4) is 0 Å². The molecule has 0 aliphatic carbocycles. The fraction of sp³-hybridized carbons (Fsp3) is 0.200. The molecule has 5 heteroatoms. The topological polar surface area (TPSA) is 20.2 Å². The Kier molecular flexibility index (Phi) is 4.97. The molecule has 0 aromatic heterocycles. The average molecular weight is 317 g/mol. The fourth-order valence-electron chi connectivity index (χ4n) is 1.90. The Bertz CT molecular complexity index is 565. The van der Waals surface area contributed by atoms with E-state index < -0.39 is 12.5 Å². The van der Waals surface area contributed by atoms with Crippen LogP contribution in [0.2, 0.25) is 10.0 Å². The van der Waals surface area contributed by atoms with E-state index >= 15 is 0 Å². The molecule has 1 unspecified atom stereocenters. The van der Waals surface area contributed by atoms with E-state index in [-0.39, 0.29) is 12.0 Å². The zero-order valence-corrected chi connectivity index (χ0v) is 11.9. The maximum atomic E-state index is 12.5. The molecule has 1 N–H and O–H groups in total. The summed E-state index contributed by atoms with van der Waals surface area (Å²) in [6.07, 6.45) is -3.13. The van der Waals surface area contributed by atoms with Gasteiger partial charge in [0.25, 0.3) is 6.43 Å². The summed E-state index contributed by atoms with van der Waals surface area (Å²) in [5.74, 6) is 0. The lowest BCUT2D eigenvalue weighted by atomic mass is 10.0. The maximum absolute atomic E-state index is 12.5. The third-order valence-corrected chi connectivity index (χ3v) is 3.74. The number of aliphatic hydroxyl groups excluding tert-OH is 1. The third kappa shape index (κ3) is 3.48. The summed E-state index contributed by atoms with van der Waals surface area (Å²) < 4.78 is 24.9. The van der Waals surface area contributed by atoms with Crippen LogP contribution in [0.5, 0.6) is 0 Å². The normalized spacial score (nSPS) is 12.7. The van der Waals surface area contributed by atoms with Crippen molar-refractivity contribution < 1.29 is 13.9 Å². The van der Waals surface area contributed by atoms with E-state index in [0.717, 1.165) is 0 Å². The summed E-state index contributed by atoms with van der Waals surface area (Å²) in [4.78, 5) is 0. The van der Waals surface area contributed by atoms with Gasteiger partial charge in [-0.3, -0.25) is 0 Å². The van der Waals surface area contributed by atoms with Crippen molar-refractivity contribution in [1.82, 2.24) is 0 Å². The van der Waals surface area contributed by atoms with Gasteiger partial charge < -0.3 is 5.11 Å². The predicted octanol–water partition coefficient (Wildman–Crippen LogP) is 5.21. The lowest BCUT2D eigenvalue weighted by Gasteiger charge is -2.14. The Morgan fingerprint density at radius 2 is 1.40 bits per heavy atom. The molecule has 2 rings (SSSR count). The first-order chi connectivity index (χ1) is 9.49. The van der Waals surface area contributed by atoms with Crippen molar-refractivity contribution in [3.63, 3.8) is 0 Å². The summed E-state index contributed by atoms with van der Waals surface area (Å²) >= 11 is 12.1. The van der Waals surface area contributed by atoms with Crippen LogP contribution in [0.4, 0.5) is 8.78 Å². The fourth-order valence-corrected chi connectivity index (χ4v) is 2.45. The summed E-state index contributed by atoms with van der Waals surface area (Å²) in [6, 6.07) is 10.7.